The van der Waals surface area contributed by atoms with E-state index in [4.69, 9.17) is 4.52 Å². The summed E-state index contributed by atoms with van der Waals surface area (Å²) in [4.78, 5) is 19.8. The Morgan fingerprint density at radius 3 is 3.00 bits per heavy atom. The largest absolute Gasteiger partial charge is 0.351 e. The van der Waals surface area contributed by atoms with E-state index in [0.717, 1.165) is 41.1 Å². The Morgan fingerprint density at radius 2 is 2.17 bits per heavy atom. The molecule has 2 aromatic heterocycles. The Morgan fingerprint density at radius 1 is 1.33 bits per heavy atom. The standard InChI is InChI=1S/C17H18N4O2S/c22-17(14-9-12-3-1-2-4-13(12)19-14)18-10-15-20-16(21-23-15)11-5-7-24-8-6-11/h1-4,9,11,19H,5-8,10H2,(H,18,22). The van der Waals surface area contributed by atoms with Gasteiger partial charge in [-0.2, -0.15) is 16.7 Å². The predicted molar refractivity (Wildman–Crippen MR) is 93.1 cm³/mol. The Bertz CT molecular complexity index is 818. The van der Waals surface area contributed by atoms with Crippen molar-refractivity contribution < 1.29 is 9.32 Å². The van der Waals surface area contributed by atoms with E-state index in [1.807, 2.05) is 42.1 Å². The quantitative estimate of drug-likeness (QED) is 0.761. The molecule has 3 aromatic rings. The van der Waals surface area contributed by atoms with Gasteiger partial charge in [0.15, 0.2) is 5.82 Å². The second-order valence-electron chi connectivity index (χ2n) is 5.89. The van der Waals surface area contributed by atoms with Crippen LogP contribution in [0.4, 0.5) is 0 Å². The van der Waals surface area contributed by atoms with Gasteiger partial charge in [-0.25, -0.2) is 0 Å². The number of hydrogen-bond acceptors (Lipinski definition) is 5. The molecule has 2 N–H and O–H groups in total. The molecule has 0 atom stereocenters. The Kier molecular flexibility index (Phi) is 4.25. The van der Waals surface area contributed by atoms with Crippen LogP contribution in [0.5, 0.6) is 0 Å². The molecule has 1 amide bonds. The van der Waals surface area contributed by atoms with Crippen molar-refractivity contribution in [1.29, 1.82) is 0 Å². The van der Waals surface area contributed by atoms with E-state index in [-0.39, 0.29) is 12.5 Å². The molecule has 1 saturated heterocycles. The molecule has 1 aromatic carbocycles. The molecular weight excluding hydrogens is 324 g/mol. The fourth-order valence-electron chi connectivity index (χ4n) is 2.91. The van der Waals surface area contributed by atoms with Gasteiger partial charge in [-0.05, 0) is 36.5 Å². The van der Waals surface area contributed by atoms with Crippen LogP contribution in [0.25, 0.3) is 10.9 Å². The van der Waals surface area contributed by atoms with Gasteiger partial charge in [0, 0.05) is 16.8 Å². The minimum atomic E-state index is -0.181. The lowest BCUT2D eigenvalue weighted by Gasteiger charge is -2.17. The zero-order valence-corrected chi connectivity index (χ0v) is 13.9. The van der Waals surface area contributed by atoms with Crippen LogP contribution in [0.1, 0.15) is 41.0 Å². The lowest BCUT2D eigenvalue weighted by molar-refractivity contribution is 0.0942. The molecule has 0 aliphatic carbocycles. The van der Waals surface area contributed by atoms with Crippen LogP contribution < -0.4 is 5.32 Å². The first-order valence-corrected chi connectivity index (χ1v) is 9.21. The third-order valence-corrected chi connectivity index (χ3v) is 5.29. The third-order valence-electron chi connectivity index (χ3n) is 4.25. The van der Waals surface area contributed by atoms with Gasteiger partial charge >= 0.3 is 0 Å². The zero-order chi connectivity index (χ0) is 16.4. The molecule has 7 heteroatoms. The average molecular weight is 342 g/mol. The summed E-state index contributed by atoms with van der Waals surface area (Å²) in [5.74, 6) is 3.71. The minimum Gasteiger partial charge on any atom is -0.351 e. The SMILES string of the molecule is O=C(NCc1nc(C2CCSCC2)no1)c1cc2ccccc2[nH]1. The van der Waals surface area contributed by atoms with Crippen molar-refractivity contribution in [3.8, 4) is 0 Å². The number of H-pyrrole nitrogens is 1. The molecule has 24 heavy (non-hydrogen) atoms. The second-order valence-corrected chi connectivity index (χ2v) is 7.11. The number of nitrogens with zero attached hydrogens (tertiary/aromatic N) is 2. The molecular formula is C17H18N4O2S. The fourth-order valence-corrected chi connectivity index (χ4v) is 4.01. The van der Waals surface area contributed by atoms with Crippen LogP contribution in [0.2, 0.25) is 0 Å². The molecule has 4 rings (SSSR count). The summed E-state index contributed by atoms with van der Waals surface area (Å²) in [7, 11) is 0. The normalized spacial score (nSPS) is 15.7. The fraction of sp³-hybridized carbons (Fsp3) is 0.353. The summed E-state index contributed by atoms with van der Waals surface area (Å²) in [5.41, 5.74) is 1.47. The van der Waals surface area contributed by atoms with E-state index in [0.29, 0.717) is 17.5 Å². The van der Waals surface area contributed by atoms with Gasteiger partial charge in [-0.3, -0.25) is 4.79 Å². The van der Waals surface area contributed by atoms with Gasteiger partial charge in [0.2, 0.25) is 5.89 Å². The number of fused-ring (bicyclic) bond motifs is 1. The Balaban J connectivity index is 1.39. The highest BCUT2D eigenvalue weighted by Crippen LogP contribution is 2.29. The van der Waals surface area contributed by atoms with E-state index in [1.54, 1.807) is 0 Å². The summed E-state index contributed by atoms with van der Waals surface area (Å²) in [6.07, 6.45) is 2.18. The monoisotopic (exact) mass is 342 g/mol. The van der Waals surface area contributed by atoms with Crippen molar-refractivity contribution in [1.82, 2.24) is 20.4 Å². The summed E-state index contributed by atoms with van der Waals surface area (Å²) >= 11 is 1.97. The lowest BCUT2D eigenvalue weighted by Crippen LogP contribution is -2.23. The minimum absolute atomic E-state index is 0.181. The molecule has 0 saturated carbocycles. The van der Waals surface area contributed by atoms with Crippen LogP contribution in [-0.4, -0.2) is 32.5 Å². The van der Waals surface area contributed by atoms with Gasteiger partial charge in [-0.15, -0.1) is 0 Å². The molecule has 3 heterocycles. The molecule has 0 radical (unpaired) electrons. The van der Waals surface area contributed by atoms with E-state index in [9.17, 15) is 4.79 Å². The topological polar surface area (TPSA) is 83.8 Å². The number of benzene rings is 1. The van der Waals surface area contributed by atoms with Gasteiger partial charge < -0.3 is 14.8 Å². The van der Waals surface area contributed by atoms with E-state index in [1.165, 1.54) is 0 Å². The number of para-hydroxylation sites is 1. The Labute approximate surface area is 143 Å². The second kappa shape index (κ2) is 6.68. The van der Waals surface area contributed by atoms with Crippen LogP contribution in [0.15, 0.2) is 34.9 Å². The van der Waals surface area contributed by atoms with Crippen molar-refractivity contribution in [3.63, 3.8) is 0 Å². The van der Waals surface area contributed by atoms with Crippen molar-refractivity contribution in [3.05, 3.63) is 47.7 Å². The van der Waals surface area contributed by atoms with Crippen LogP contribution >= 0.6 is 11.8 Å². The number of aromatic amines is 1. The number of rotatable bonds is 4. The molecule has 0 unspecified atom stereocenters. The molecule has 0 bridgehead atoms. The van der Waals surface area contributed by atoms with E-state index in [2.05, 4.69) is 20.4 Å². The summed E-state index contributed by atoms with van der Waals surface area (Å²) in [6, 6.07) is 9.63. The van der Waals surface area contributed by atoms with Gasteiger partial charge in [0.1, 0.15) is 5.69 Å². The third kappa shape index (κ3) is 3.17. The van der Waals surface area contributed by atoms with Gasteiger partial charge in [0.25, 0.3) is 5.91 Å². The maximum absolute atomic E-state index is 12.3. The number of aromatic nitrogens is 3. The summed E-state index contributed by atoms with van der Waals surface area (Å²) < 4.78 is 5.27. The Hall–Kier alpha value is -2.28. The van der Waals surface area contributed by atoms with Crippen molar-refractivity contribution in [2.45, 2.75) is 25.3 Å². The number of carbonyl (C=O) groups is 1. The van der Waals surface area contributed by atoms with Gasteiger partial charge in [0.05, 0.1) is 6.54 Å². The van der Waals surface area contributed by atoms with Crippen LogP contribution in [-0.2, 0) is 6.54 Å². The van der Waals surface area contributed by atoms with Crippen LogP contribution in [0, 0.1) is 0 Å². The number of amides is 1. The van der Waals surface area contributed by atoms with Crippen LogP contribution in [0.3, 0.4) is 0 Å². The summed E-state index contributed by atoms with van der Waals surface area (Å²) in [6.45, 7) is 0.239. The zero-order valence-electron chi connectivity index (χ0n) is 13.1. The maximum atomic E-state index is 12.3. The number of thioether (sulfide) groups is 1. The molecule has 124 valence electrons. The first kappa shape index (κ1) is 15.3. The van der Waals surface area contributed by atoms with Crippen molar-refractivity contribution in [2.75, 3.05) is 11.5 Å². The first-order chi connectivity index (χ1) is 11.8. The number of carbonyl (C=O) groups excluding carboxylic acids is 1. The maximum Gasteiger partial charge on any atom is 0.268 e. The van der Waals surface area contributed by atoms with E-state index < -0.39 is 0 Å². The molecule has 1 fully saturated rings. The highest BCUT2D eigenvalue weighted by molar-refractivity contribution is 7.99. The summed E-state index contributed by atoms with van der Waals surface area (Å²) in [5, 5.41) is 7.90. The molecule has 1 aliphatic heterocycles. The number of hydrogen-bond donors (Lipinski definition) is 2. The predicted octanol–water partition coefficient (Wildman–Crippen LogP) is 3.09. The molecule has 0 spiro atoms. The van der Waals surface area contributed by atoms with Gasteiger partial charge in [-0.1, -0.05) is 23.4 Å². The highest BCUT2D eigenvalue weighted by Gasteiger charge is 2.21. The molecule has 1 aliphatic rings. The average Bonchev–Trinajstić information content (AvgIpc) is 3.27. The number of nitrogens with one attached hydrogen (secondary N) is 2. The van der Waals surface area contributed by atoms with Crippen molar-refractivity contribution in [2.24, 2.45) is 0 Å². The van der Waals surface area contributed by atoms with E-state index >= 15 is 0 Å². The van der Waals surface area contributed by atoms with Crippen molar-refractivity contribution >= 4 is 28.6 Å². The first-order valence-electron chi connectivity index (χ1n) is 8.06. The lowest BCUT2D eigenvalue weighted by atomic mass is 10.0. The molecule has 6 nitrogen and oxygen atoms in total. The highest BCUT2D eigenvalue weighted by atomic mass is 32.2. The smallest absolute Gasteiger partial charge is 0.268 e.